The molecular weight excluding hydrogens is 272 g/mol. The number of ketones is 1. The Balaban J connectivity index is 2.98. The van der Waals surface area contributed by atoms with Crippen LogP contribution >= 0.6 is 0 Å². The number of hydrogen-bond donors (Lipinski definition) is 1. The van der Waals surface area contributed by atoms with Crippen LogP contribution in [0.3, 0.4) is 0 Å². The first kappa shape index (κ1) is 17.1. The van der Waals surface area contributed by atoms with Gasteiger partial charge in [0.05, 0.1) is 12.0 Å². The highest BCUT2D eigenvalue weighted by Gasteiger charge is 2.33. The van der Waals surface area contributed by atoms with Crippen LogP contribution in [-0.2, 0) is 21.0 Å². The molecule has 0 aromatic heterocycles. The normalized spacial score (nSPS) is 15.6. The lowest BCUT2D eigenvalue weighted by Gasteiger charge is -2.28. The second kappa shape index (κ2) is 7.70. The minimum atomic E-state index is -1.07. The van der Waals surface area contributed by atoms with E-state index >= 15 is 0 Å². The molecule has 20 heavy (non-hydrogen) atoms. The molecule has 0 aliphatic carbocycles. The van der Waals surface area contributed by atoms with E-state index in [-0.39, 0.29) is 18.1 Å². The average molecular weight is 296 g/mol. The van der Waals surface area contributed by atoms with E-state index in [1.165, 1.54) is 0 Å². The van der Waals surface area contributed by atoms with Gasteiger partial charge in [-0.3, -0.25) is 9.00 Å². The zero-order valence-corrected chi connectivity index (χ0v) is 13.3. The first-order valence-electron chi connectivity index (χ1n) is 7.00. The molecule has 2 atom stereocenters. The Kier molecular flexibility index (Phi) is 6.56. The topological polar surface area (TPSA) is 54.4 Å². The number of carbonyl (C=O) groups is 1. The maximum Gasteiger partial charge on any atom is 0.142 e. The van der Waals surface area contributed by atoms with Crippen LogP contribution in [0.25, 0.3) is 0 Å². The van der Waals surface area contributed by atoms with Crippen LogP contribution in [-0.4, -0.2) is 33.2 Å². The van der Waals surface area contributed by atoms with Crippen molar-refractivity contribution in [1.29, 1.82) is 0 Å². The highest BCUT2D eigenvalue weighted by Crippen LogP contribution is 2.31. The predicted molar refractivity (Wildman–Crippen MR) is 83.4 cm³/mol. The summed E-state index contributed by atoms with van der Waals surface area (Å²) in [6.07, 6.45) is 1.02. The van der Waals surface area contributed by atoms with Gasteiger partial charge >= 0.3 is 0 Å². The molecule has 0 spiro atoms. The van der Waals surface area contributed by atoms with Crippen molar-refractivity contribution in [3.05, 3.63) is 35.4 Å². The summed E-state index contributed by atoms with van der Waals surface area (Å²) in [6.45, 7) is 5.73. The lowest BCUT2D eigenvalue weighted by molar-refractivity contribution is -0.123. The van der Waals surface area contributed by atoms with Gasteiger partial charge in [-0.15, -0.1) is 0 Å². The van der Waals surface area contributed by atoms with Crippen LogP contribution in [0.2, 0.25) is 0 Å². The summed E-state index contributed by atoms with van der Waals surface area (Å²) in [5.41, 5.74) is 1.52. The van der Waals surface area contributed by atoms with Crippen molar-refractivity contribution in [3.63, 3.8) is 0 Å². The quantitative estimate of drug-likeness (QED) is 0.801. The van der Waals surface area contributed by atoms with Gasteiger partial charge < -0.3 is 5.11 Å². The molecule has 0 bridgehead atoms. The summed E-state index contributed by atoms with van der Waals surface area (Å²) >= 11 is 0. The Hall–Kier alpha value is -1.00. The Morgan fingerprint density at radius 1 is 1.35 bits per heavy atom. The Morgan fingerprint density at radius 3 is 2.60 bits per heavy atom. The SMILES string of the molecule is CCC(=O)C(C)(CCS(=O)CCO)c1cccc(C)c1. The van der Waals surface area contributed by atoms with Gasteiger partial charge in [-0.25, -0.2) is 0 Å². The number of hydrogen-bond acceptors (Lipinski definition) is 3. The van der Waals surface area contributed by atoms with Gasteiger partial charge in [0.1, 0.15) is 5.78 Å². The third-order valence-corrected chi connectivity index (χ3v) is 5.04. The van der Waals surface area contributed by atoms with Gasteiger partial charge in [0.2, 0.25) is 0 Å². The highest BCUT2D eigenvalue weighted by molar-refractivity contribution is 7.84. The van der Waals surface area contributed by atoms with Crippen LogP contribution in [0.5, 0.6) is 0 Å². The molecule has 1 rings (SSSR count). The number of rotatable bonds is 8. The summed E-state index contributed by atoms with van der Waals surface area (Å²) in [5.74, 6) is 0.894. The summed E-state index contributed by atoms with van der Waals surface area (Å²) in [5, 5.41) is 8.81. The van der Waals surface area contributed by atoms with Crippen molar-refractivity contribution in [1.82, 2.24) is 0 Å². The van der Waals surface area contributed by atoms with Crippen molar-refractivity contribution in [2.45, 2.75) is 39.0 Å². The van der Waals surface area contributed by atoms with E-state index in [1.54, 1.807) is 0 Å². The number of aliphatic hydroxyl groups is 1. The summed E-state index contributed by atoms with van der Waals surface area (Å²) in [7, 11) is -1.07. The maximum atomic E-state index is 12.4. The lowest BCUT2D eigenvalue weighted by Crippen LogP contribution is -2.34. The van der Waals surface area contributed by atoms with Crippen molar-refractivity contribution >= 4 is 16.6 Å². The van der Waals surface area contributed by atoms with Gasteiger partial charge in [0.25, 0.3) is 0 Å². The second-order valence-corrected chi connectivity index (χ2v) is 7.00. The van der Waals surface area contributed by atoms with Crippen molar-refractivity contribution < 1.29 is 14.1 Å². The first-order valence-corrected chi connectivity index (χ1v) is 8.49. The van der Waals surface area contributed by atoms with E-state index in [4.69, 9.17) is 5.11 Å². The molecule has 1 aromatic carbocycles. The van der Waals surface area contributed by atoms with E-state index in [9.17, 15) is 9.00 Å². The molecule has 1 N–H and O–H groups in total. The van der Waals surface area contributed by atoms with Crippen LogP contribution < -0.4 is 0 Å². The Morgan fingerprint density at radius 2 is 2.05 bits per heavy atom. The zero-order valence-electron chi connectivity index (χ0n) is 12.5. The number of aliphatic hydroxyl groups excluding tert-OH is 1. The van der Waals surface area contributed by atoms with Gasteiger partial charge in [-0.2, -0.15) is 0 Å². The smallest absolute Gasteiger partial charge is 0.142 e. The van der Waals surface area contributed by atoms with E-state index < -0.39 is 16.2 Å². The van der Waals surface area contributed by atoms with E-state index in [0.717, 1.165) is 11.1 Å². The highest BCUT2D eigenvalue weighted by atomic mass is 32.2. The standard InChI is InChI=1S/C16H24O3S/c1-4-15(18)16(3,8-10-20(19)11-9-17)14-7-5-6-13(2)12-14/h5-7,12,17H,4,8-11H2,1-3H3. The second-order valence-electron chi connectivity index (χ2n) is 5.30. The molecule has 0 saturated heterocycles. The monoisotopic (exact) mass is 296 g/mol. The third-order valence-electron chi connectivity index (χ3n) is 3.74. The largest absolute Gasteiger partial charge is 0.395 e. The molecule has 1 aromatic rings. The zero-order chi connectivity index (χ0) is 15.2. The summed E-state index contributed by atoms with van der Waals surface area (Å²) in [4.78, 5) is 12.4. The summed E-state index contributed by atoms with van der Waals surface area (Å²) < 4.78 is 11.7. The molecule has 3 nitrogen and oxygen atoms in total. The number of benzene rings is 1. The molecule has 0 amide bonds. The fraction of sp³-hybridized carbons (Fsp3) is 0.562. The van der Waals surface area contributed by atoms with Crippen LogP contribution in [0.4, 0.5) is 0 Å². The van der Waals surface area contributed by atoms with Crippen molar-refractivity contribution in [2.75, 3.05) is 18.1 Å². The molecule has 0 heterocycles. The fourth-order valence-electron chi connectivity index (χ4n) is 2.35. The Bertz CT molecular complexity index is 484. The molecule has 0 fully saturated rings. The molecule has 0 aliphatic rings. The van der Waals surface area contributed by atoms with Gasteiger partial charge in [0, 0.05) is 28.7 Å². The molecular formula is C16H24O3S. The molecule has 4 heteroatoms. The minimum Gasteiger partial charge on any atom is -0.395 e. The molecule has 0 saturated carbocycles. The van der Waals surface area contributed by atoms with Gasteiger partial charge in [-0.1, -0.05) is 36.8 Å². The fourth-order valence-corrected chi connectivity index (χ4v) is 3.39. The molecule has 112 valence electrons. The number of aryl methyl sites for hydroxylation is 1. The molecule has 2 unspecified atom stereocenters. The lowest BCUT2D eigenvalue weighted by atomic mass is 9.75. The van der Waals surface area contributed by atoms with Crippen LogP contribution in [0.1, 0.15) is 37.8 Å². The minimum absolute atomic E-state index is 0.0739. The predicted octanol–water partition coefficient (Wildman–Crippen LogP) is 2.36. The average Bonchev–Trinajstić information content (AvgIpc) is 2.44. The van der Waals surface area contributed by atoms with Crippen LogP contribution in [0, 0.1) is 6.92 Å². The van der Waals surface area contributed by atoms with Crippen molar-refractivity contribution in [3.8, 4) is 0 Å². The van der Waals surface area contributed by atoms with E-state index in [1.807, 2.05) is 45.0 Å². The molecule has 0 aliphatic heterocycles. The van der Waals surface area contributed by atoms with Gasteiger partial charge in [-0.05, 0) is 25.8 Å². The van der Waals surface area contributed by atoms with Crippen molar-refractivity contribution in [2.24, 2.45) is 0 Å². The van der Waals surface area contributed by atoms with E-state index in [2.05, 4.69) is 0 Å². The molecule has 0 radical (unpaired) electrons. The summed E-state index contributed by atoms with van der Waals surface area (Å²) in [6, 6.07) is 7.96. The number of Topliss-reactive ketones (excluding diaryl/α,β-unsaturated/α-hetero) is 1. The first-order chi connectivity index (χ1) is 9.43. The van der Waals surface area contributed by atoms with Crippen LogP contribution in [0.15, 0.2) is 24.3 Å². The maximum absolute atomic E-state index is 12.4. The Labute approximate surface area is 123 Å². The van der Waals surface area contributed by atoms with E-state index in [0.29, 0.717) is 18.6 Å². The number of carbonyl (C=O) groups excluding carboxylic acids is 1. The van der Waals surface area contributed by atoms with Gasteiger partial charge in [0.15, 0.2) is 0 Å². The third kappa shape index (κ3) is 4.25.